The largest absolute Gasteiger partial charge is 0.356 e. The highest BCUT2D eigenvalue weighted by Crippen LogP contribution is 2.27. The van der Waals surface area contributed by atoms with E-state index in [1.54, 1.807) is 0 Å². The van der Waals surface area contributed by atoms with E-state index in [-0.39, 0.29) is 0 Å². The summed E-state index contributed by atoms with van der Waals surface area (Å²) >= 11 is 0. The predicted octanol–water partition coefficient (Wildman–Crippen LogP) is 3.31. The molecule has 0 spiro atoms. The number of rotatable bonds is 4. The van der Waals surface area contributed by atoms with Crippen molar-refractivity contribution in [3.63, 3.8) is 0 Å². The highest BCUT2D eigenvalue weighted by Gasteiger charge is 2.22. The molecule has 22 heavy (non-hydrogen) atoms. The maximum Gasteiger partial charge on any atom is 0.133 e. The molecular formula is C19H25N3. The first kappa shape index (κ1) is 15.0. The van der Waals surface area contributed by atoms with E-state index in [1.165, 1.54) is 24.8 Å². The van der Waals surface area contributed by atoms with Crippen molar-refractivity contribution in [1.82, 2.24) is 4.98 Å². The van der Waals surface area contributed by atoms with E-state index in [0.717, 1.165) is 36.1 Å². The average molecular weight is 295 g/mol. The molecule has 0 saturated carbocycles. The number of aryl methyl sites for hydroxylation is 1. The molecule has 0 bridgehead atoms. The van der Waals surface area contributed by atoms with Crippen molar-refractivity contribution in [2.45, 2.75) is 32.7 Å². The van der Waals surface area contributed by atoms with Crippen LogP contribution in [0, 0.1) is 12.8 Å². The molecule has 1 aromatic heterocycles. The molecule has 0 atom stereocenters. The number of benzene rings is 1. The van der Waals surface area contributed by atoms with Gasteiger partial charge in [0.05, 0.1) is 0 Å². The molecule has 2 heterocycles. The van der Waals surface area contributed by atoms with Gasteiger partial charge in [-0.05, 0) is 43.7 Å². The lowest BCUT2D eigenvalue weighted by Gasteiger charge is -2.34. The molecule has 0 amide bonds. The van der Waals surface area contributed by atoms with Gasteiger partial charge in [-0.1, -0.05) is 36.4 Å². The number of hydrogen-bond acceptors (Lipinski definition) is 3. The van der Waals surface area contributed by atoms with Crippen molar-refractivity contribution >= 4 is 5.82 Å². The Morgan fingerprint density at radius 3 is 2.50 bits per heavy atom. The van der Waals surface area contributed by atoms with Crippen molar-refractivity contribution in [2.75, 3.05) is 18.0 Å². The summed E-state index contributed by atoms with van der Waals surface area (Å²) in [7, 11) is 0. The third-order valence-electron chi connectivity index (χ3n) is 4.60. The van der Waals surface area contributed by atoms with Crippen LogP contribution < -0.4 is 10.6 Å². The quantitative estimate of drug-likeness (QED) is 0.941. The molecule has 3 rings (SSSR count). The summed E-state index contributed by atoms with van der Waals surface area (Å²) in [6, 6.07) is 15.0. The van der Waals surface area contributed by atoms with E-state index < -0.39 is 0 Å². The van der Waals surface area contributed by atoms with Gasteiger partial charge in [-0.3, -0.25) is 0 Å². The smallest absolute Gasteiger partial charge is 0.133 e. The van der Waals surface area contributed by atoms with Crippen molar-refractivity contribution in [1.29, 1.82) is 0 Å². The molecule has 0 unspecified atom stereocenters. The zero-order valence-electron chi connectivity index (χ0n) is 13.3. The third kappa shape index (κ3) is 3.47. The summed E-state index contributed by atoms with van der Waals surface area (Å²) in [5, 5.41) is 0. The van der Waals surface area contributed by atoms with E-state index in [4.69, 9.17) is 10.7 Å². The number of anilines is 1. The summed E-state index contributed by atoms with van der Waals surface area (Å²) in [6.45, 7) is 4.78. The SMILES string of the molecule is Cc1ccc(CN)c(N2CCC(Cc3ccccc3)CC2)n1. The normalized spacial score (nSPS) is 16.0. The van der Waals surface area contributed by atoms with Crippen LogP contribution in [0.1, 0.15) is 29.7 Å². The van der Waals surface area contributed by atoms with Crippen LogP contribution in [0.25, 0.3) is 0 Å². The Hall–Kier alpha value is -1.87. The molecule has 1 aromatic carbocycles. The lowest BCUT2D eigenvalue weighted by molar-refractivity contribution is 0.401. The first-order valence-corrected chi connectivity index (χ1v) is 8.21. The number of aromatic nitrogens is 1. The van der Waals surface area contributed by atoms with Crippen LogP contribution in [0.4, 0.5) is 5.82 Å². The first-order chi connectivity index (χ1) is 10.8. The van der Waals surface area contributed by atoms with Crippen LogP contribution in [0.3, 0.4) is 0 Å². The highest BCUT2D eigenvalue weighted by molar-refractivity contribution is 5.48. The molecule has 1 aliphatic rings. The fourth-order valence-corrected chi connectivity index (χ4v) is 3.30. The molecule has 3 heteroatoms. The minimum absolute atomic E-state index is 0.562. The van der Waals surface area contributed by atoms with Gasteiger partial charge in [0.2, 0.25) is 0 Å². The Bertz CT molecular complexity index is 601. The van der Waals surface area contributed by atoms with Crippen LogP contribution >= 0.6 is 0 Å². The predicted molar refractivity (Wildman–Crippen MR) is 91.9 cm³/mol. The Labute approximate surface area is 133 Å². The monoisotopic (exact) mass is 295 g/mol. The van der Waals surface area contributed by atoms with Gasteiger partial charge in [0.25, 0.3) is 0 Å². The van der Waals surface area contributed by atoms with Crippen LogP contribution in [0.2, 0.25) is 0 Å². The van der Waals surface area contributed by atoms with Crippen LogP contribution in [0.5, 0.6) is 0 Å². The summed E-state index contributed by atoms with van der Waals surface area (Å²) in [5.41, 5.74) is 9.55. The van der Waals surface area contributed by atoms with E-state index >= 15 is 0 Å². The molecule has 2 aromatic rings. The molecule has 1 aliphatic heterocycles. The number of nitrogens with zero attached hydrogens (tertiary/aromatic N) is 2. The third-order valence-corrected chi connectivity index (χ3v) is 4.60. The maximum absolute atomic E-state index is 5.87. The van der Waals surface area contributed by atoms with Gasteiger partial charge in [-0.25, -0.2) is 4.98 Å². The Morgan fingerprint density at radius 2 is 1.82 bits per heavy atom. The van der Waals surface area contributed by atoms with Crippen molar-refractivity contribution < 1.29 is 0 Å². The van der Waals surface area contributed by atoms with Gasteiger partial charge >= 0.3 is 0 Å². The van der Waals surface area contributed by atoms with E-state index in [9.17, 15) is 0 Å². The molecule has 0 radical (unpaired) electrons. The summed E-state index contributed by atoms with van der Waals surface area (Å²) in [6.07, 6.45) is 3.66. The Kier molecular flexibility index (Phi) is 4.74. The Balaban J connectivity index is 1.63. The Morgan fingerprint density at radius 1 is 1.09 bits per heavy atom. The highest BCUT2D eigenvalue weighted by atomic mass is 15.2. The van der Waals surface area contributed by atoms with Crippen LogP contribution in [-0.2, 0) is 13.0 Å². The summed E-state index contributed by atoms with van der Waals surface area (Å²) in [4.78, 5) is 7.14. The number of hydrogen-bond donors (Lipinski definition) is 1. The molecule has 116 valence electrons. The van der Waals surface area contributed by atoms with E-state index in [1.807, 2.05) is 13.0 Å². The zero-order chi connectivity index (χ0) is 15.4. The molecule has 1 saturated heterocycles. The van der Waals surface area contributed by atoms with Gasteiger partial charge in [-0.2, -0.15) is 0 Å². The van der Waals surface area contributed by atoms with Crippen LogP contribution in [-0.4, -0.2) is 18.1 Å². The van der Waals surface area contributed by atoms with Gasteiger partial charge in [0, 0.05) is 30.9 Å². The van der Waals surface area contributed by atoms with Crippen molar-refractivity contribution in [3.05, 3.63) is 59.3 Å². The molecule has 0 aliphatic carbocycles. The van der Waals surface area contributed by atoms with Gasteiger partial charge in [0.1, 0.15) is 5.82 Å². The molecule has 3 nitrogen and oxygen atoms in total. The fraction of sp³-hybridized carbons (Fsp3) is 0.421. The van der Waals surface area contributed by atoms with E-state index in [2.05, 4.69) is 41.3 Å². The topological polar surface area (TPSA) is 42.1 Å². The average Bonchev–Trinajstić information content (AvgIpc) is 2.56. The second kappa shape index (κ2) is 6.93. The second-order valence-corrected chi connectivity index (χ2v) is 6.26. The zero-order valence-corrected chi connectivity index (χ0v) is 13.3. The molecule has 2 N–H and O–H groups in total. The number of pyridine rings is 1. The molecule has 1 fully saturated rings. The minimum atomic E-state index is 0.562. The first-order valence-electron chi connectivity index (χ1n) is 8.21. The summed E-state index contributed by atoms with van der Waals surface area (Å²) in [5.74, 6) is 1.88. The fourth-order valence-electron chi connectivity index (χ4n) is 3.30. The van der Waals surface area contributed by atoms with Gasteiger partial charge in [0.15, 0.2) is 0 Å². The lowest BCUT2D eigenvalue weighted by Crippen LogP contribution is -2.35. The molecular weight excluding hydrogens is 270 g/mol. The van der Waals surface area contributed by atoms with Gasteiger partial charge in [-0.15, -0.1) is 0 Å². The van der Waals surface area contributed by atoms with E-state index in [0.29, 0.717) is 6.54 Å². The van der Waals surface area contributed by atoms with Crippen molar-refractivity contribution in [3.8, 4) is 0 Å². The standard InChI is InChI=1S/C19H25N3/c1-15-7-8-18(14-20)19(21-15)22-11-9-17(10-12-22)13-16-5-3-2-4-6-16/h2-8,17H,9-14,20H2,1H3. The van der Waals surface area contributed by atoms with Gasteiger partial charge < -0.3 is 10.6 Å². The lowest BCUT2D eigenvalue weighted by atomic mass is 9.90. The summed E-state index contributed by atoms with van der Waals surface area (Å²) < 4.78 is 0. The minimum Gasteiger partial charge on any atom is -0.356 e. The van der Waals surface area contributed by atoms with Crippen LogP contribution in [0.15, 0.2) is 42.5 Å². The maximum atomic E-state index is 5.87. The number of piperidine rings is 1. The van der Waals surface area contributed by atoms with Crippen molar-refractivity contribution in [2.24, 2.45) is 11.7 Å². The second-order valence-electron chi connectivity index (χ2n) is 6.26. The number of nitrogens with two attached hydrogens (primary N) is 1.